The van der Waals surface area contributed by atoms with Crippen LogP contribution in [0.15, 0.2) is 60.8 Å². The Kier molecular flexibility index (Phi) is 5.22. The maximum atomic E-state index is 13.4. The number of fused-ring (bicyclic) bond motifs is 1. The fourth-order valence-corrected chi connectivity index (χ4v) is 2.74. The number of amides is 2. The Bertz CT molecular complexity index is 953. The third-order valence-corrected chi connectivity index (χ3v) is 3.97. The fraction of sp³-hybridized carbons (Fsp3) is 0.150. The molecule has 5 nitrogen and oxygen atoms in total. The number of carbonyl (C=O) groups excluding carboxylic acids is 2. The van der Waals surface area contributed by atoms with Gasteiger partial charge in [-0.05, 0) is 30.3 Å². The van der Waals surface area contributed by atoms with Gasteiger partial charge in [0, 0.05) is 37.2 Å². The van der Waals surface area contributed by atoms with Gasteiger partial charge in [-0.3, -0.25) is 14.6 Å². The Hall–Kier alpha value is -3.28. The number of hydrogen-bond donors (Lipinski definition) is 1. The van der Waals surface area contributed by atoms with Gasteiger partial charge in [0.15, 0.2) is 0 Å². The standard InChI is InChI=1S/C20H18FN3O2/c1-14(25)24(17-8-3-7-16(21)13-17)12-10-19(26)23-18-9-2-5-15-6-4-11-22-20(15)18/h2-9,11,13H,10,12H2,1H3,(H,23,26). The second-order valence-corrected chi connectivity index (χ2v) is 5.83. The van der Waals surface area contributed by atoms with Crippen molar-refractivity contribution < 1.29 is 14.0 Å². The van der Waals surface area contributed by atoms with Crippen molar-refractivity contribution in [3.8, 4) is 0 Å². The van der Waals surface area contributed by atoms with Crippen LogP contribution in [-0.4, -0.2) is 23.3 Å². The molecule has 0 saturated carbocycles. The molecule has 0 atom stereocenters. The number of nitrogens with one attached hydrogen (secondary N) is 1. The van der Waals surface area contributed by atoms with Gasteiger partial charge in [-0.25, -0.2) is 4.39 Å². The number of carbonyl (C=O) groups is 2. The molecule has 1 heterocycles. The molecule has 0 saturated heterocycles. The van der Waals surface area contributed by atoms with Crippen molar-refractivity contribution in [1.29, 1.82) is 0 Å². The highest BCUT2D eigenvalue weighted by Gasteiger charge is 2.14. The summed E-state index contributed by atoms with van der Waals surface area (Å²) in [5.41, 5.74) is 1.75. The summed E-state index contributed by atoms with van der Waals surface area (Å²) in [7, 11) is 0. The highest BCUT2D eigenvalue weighted by molar-refractivity contribution is 6.01. The van der Waals surface area contributed by atoms with Crippen LogP contribution in [0.1, 0.15) is 13.3 Å². The molecule has 0 aliphatic heterocycles. The van der Waals surface area contributed by atoms with Crippen LogP contribution in [0.3, 0.4) is 0 Å². The smallest absolute Gasteiger partial charge is 0.226 e. The van der Waals surface area contributed by atoms with Gasteiger partial charge in [-0.15, -0.1) is 0 Å². The van der Waals surface area contributed by atoms with Gasteiger partial charge in [-0.2, -0.15) is 0 Å². The second kappa shape index (κ2) is 7.74. The van der Waals surface area contributed by atoms with Crippen molar-refractivity contribution in [2.75, 3.05) is 16.8 Å². The minimum absolute atomic E-state index is 0.0827. The quantitative estimate of drug-likeness (QED) is 0.761. The molecule has 0 aliphatic rings. The average molecular weight is 351 g/mol. The Labute approximate surface area is 150 Å². The fourth-order valence-electron chi connectivity index (χ4n) is 2.74. The molecule has 6 heteroatoms. The van der Waals surface area contributed by atoms with E-state index in [0.717, 1.165) is 5.39 Å². The first-order chi connectivity index (χ1) is 12.5. The predicted molar refractivity (Wildman–Crippen MR) is 99.4 cm³/mol. The molecule has 26 heavy (non-hydrogen) atoms. The Morgan fingerprint density at radius 3 is 2.65 bits per heavy atom. The van der Waals surface area contributed by atoms with Crippen LogP contribution in [0, 0.1) is 5.82 Å². The molecule has 0 bridgehead atoms. The number of nitrogens with zero attached hydrogens (tertiary/aromatic N) is 2. The van der Waals surface area contributed by atoms with E-state index in [1.807, 2.05) is 24.3 Å². The molecule has 3 rings (SSSR count). The van der Waals surface area contributed by atoms with Gasteiger partial charge in [0.2, 0.25) is 11.8 Å². The van der Waals surface area contributed by atoms with Crippen molar-refractivity contribution >= 4 is 34.1 Å². The van der Waals surface area contributed by atoms with Crippen LogP contribution < -0.4 is 10.2 Å². The largest absolute Gasteiger partial charge is 0.324 e. The lowest BCUT2D eigenvalue weighted by molar-refractivity contribution is -0.117. The van der Waals surface area contributed by atoms with Crippen molar-refractivity contribution in [3.05, 3.63) is 66.6 Å². The van der Waals surface area contributed by atoms with Crippen LogP contribution >= 0.6 is 0 Å². The first-order valence-electron chi connectivity index (χ1n) is 8.22. The zero-order chi connectivity index (χ0) is 18.5. The molecule has 132 valence electrons. The zero-order valence-corrected chi connectivity index (χ0v) is 14.3. The molecule has 0 radical (unpaired) electrons. The number of halogens is 1. The minimum atomic E-state index is -0.431. The van der Waals surface area contributed by atoms with E-state index in [4.69, 9.17) is 0 Å². The number of anilines is 2. The zero-order valence-electron chi connectivity index (χ0n) is 14.3. The molecule has 1 N–H and O–H groups in total. The van der Waals surface area contributed by atoms with E-state index >= 15 is 0 Å². The first-order valence-corrected chi connectivity index (χ1v) is 8.22. The molecule has 0 aliphatic carbocycles. The van der Waals surface area contributed by atoms with Gasteiger partial charge >= 0.3 is 0 Å². The summed E-state index contributed by atoms with van der Waals surface area (Å²) in [5.74, 6) is -0.930. The van der Waals surface area contributed by atoms with E-state index in [9.17, 15) is 14.0 Å². The van der Waals surface area contributed by atoms with Gasteiger partial charge < -0.3 is 10.2 Å². The molecule has 0 unspecified atom stereocenters. The first kappa shape index (κ1) is 17.5. The van der Waals surface area contributed by atoms with Crippen molar-refractivity contribution in [1.82, 2.24) is 4.98 Å². The van der Waals surface area contributed by atoms with Gasteiger partial charge in [0.1, 0.15) is 5.82 Å². The van der Waals surface area contributed by atoms with E-state index in [1.54, 1.807) is 18.3 Å². The second-order valence-electron chi connectivity index (χ2n) is 5.83. The number of para-hydroxylation sites is 1. The predicted octanol–water partition coefficient (Wildman–Crippen LogP) is 3.76. The molecule has 2 amide bonds. The van der Waals surface area contributed by atoms with E-state index in [0.29, 0.717) is 16.9 Å². The maximum Gasteiger partial charge on any atom is 0.226 e. The van der Waals surface area contributed by atoms with E-state index in [-0.39, 0.29) is 24.8 Å². The van der Waals surface area contributed by atoms with E-state index in [2.05, 4.69) is 10.3 Å². The maximum absolute atomic E-state index is 13.4. The normalized spacial score (nSPS) is 10.5. The summed E-state index contributed by atoms with van der Waals surface area (Å²) in [6, 6.07) is 15.0. The summed E-state index contributed by atoms with van der Waals surface area (Å²) in [6.45, 7) is 1.54. The third-order valence-electron chi connectivity index (χ3n) is 3.97. The highest BCUT2D eigenvalue weighted by Crippen LogP contribution is 2.21. The monoisotopic (exact) mass is 351 g/mol. The Balaban J connectivity index is 1.70. The van der Waals surface area contributed by atoms with E-state index in [1.165, 1.54) is 30.0 Å². The molecule has 0 spiro atoms. The van der Waals surface area contributed by atoms with Crippen LogP contribution in [0.25, 0.3) is 10.9 Å². The Morgan fingerprint density at radius 2 is 1.88 bits per heavy atom. The van der Waals surface area contributed by atoms with Crippen LogP contribution in [-0.2, 0) is 9.59 Å². The number of hydrogen-bond acceptors (Lipinski definition) is 3. The lowest BCUT2D eigenvalue weighted by atomic mass is 10.2. The summed E-state index contributed by atoms with van der Waals surface area (Å²) < 4.78 is 13.4. The van der Waals surface area contributed by atoms with Crippen LogP contribution in [0.2, 0.25) is 0 Å². The number of benzene rings is 2. The average Bonchev–Trinajstić information content (AvgIpc) is 2.62. The molecule has 2 aromatic carbocycles. The molecule has 1 aromatic heterocycles. The minimum Gasteiger partial charge on any atom is -0.324 e. The number of rotatable bonds is 5. The summed E-state index contributed by atoms with van der Waals surface area (Å²) in [4.78, 5) is 29.9. The molecule has 0 fully saturated rings. The van der Waals surface area contributed by atoms with Crippen LogP contribution in [0.5, 0.6) is 0 Å². The molecular weight excluding hydrogens is 333 g/mol. The summed E-state index contributed by atoms with van der Waals surface area (Å²) in [6.07, 6.45) is 1.75. The topological polar surface area (TPSA) is 62.3 Å². The lowest BCUT2D eigenvalue weighted by Crippen LogP contribution is -2.32. The van der Waals surface area contributed by atoms with Gasteiger partial charge in [0.05, 0.1) is 11.2 Å². The third kappa shape index (κ3) is 4.03. The SMILES string of the molecule is CC(=O)N(CCC(=O)Nc1cccc2cccnc12)c1cccc(F)c1. The van der Waals surface area contributed by atoms with E-state index < -0.39 is 5.82 Å². The van der Waals surface area contributed by atoms with Crippen LogP contribution in [0.4, 0.5) is 15.8 Å². The highest BCUT2D eigenvalue weighted by atomic mass is 19.1. The van der Waals surface area contributed by atoms with Crippen molar-refractivity contribution in [2.45, 2.75) is 13.3 Å². The number of aromatic nitrogens is 1. The van der Waals surface area contributed by atoms with Crippen molar-refractivity contribution in [3.63, 3.8) is 0 Å². The summed E-state index contributed by atoms with van der Waals surface area (Å²) in [5, 5.41) is 3.75. The Morgan fingerprint density at radius 1 is 1.12 bits per heavy atom. The van der Waals surface area contributed by atoms with Gasteiger partial charge in [0.25, 0.3) is 0 Å². The number of pyridine rings is 1. The lowest BCUT2D eigenvalue weighted by Gasteiger charge is -2.21. The van der Waals surface area contributed by atoms with Crippen molar-refractivity contribution in [2.24, 2.45) is 0 Å². The summed E-state index contributed by atoms with van der Waals surface area (Å²) >= 11 is 0. The molecular formula is C20H18FN3O2. The van der Waals surface area contributed by atoms with Gasteiger partial charge in [-0.1, -0.05) is 24.3 Å². The molecule has 3 aromatic rings.